The molecule has 0 saturated heterocycles. The van der Waals surface area contributed by atoms with E-state index in [1.807, 2.05) is 13.0 Å². The Labute approximate surface area is 77.5 Å². The van der Waals surface area contributed by atoms with Crippen LogP contribution in [0.2, 0.25) is 0 Å². The highest BCUT2D eigenvalue weighted by molar-refractivity contribution is 5.70. The molecule has 0 spiro atoms. The van der Waals surface area contributed by atoms with Crippen LogP contribution in [-0.2, 0) is 11.2 Å². The molecule has 0 N–H and O–H groups in total. The van der Waals surface area contributed by atoms with Crippen LogP contribution in [0.4, 0.5) is 0 Å². The van der Waals surface area contributed by atoms with Gasteiger partial charge in [-0.25, -0.2) is 0 Å². The van der Waals surface area contributed by atoms with Crippen LogP contribution in [0.3, 0.4) is 0 Å². The molecule has 0 heterocycles. The van der Waals surface area contributed by atoms with Crippen molar-refractivity contribution in [2.24, 2.45) is 0 Å². The number of carbonyl (C=O) groups is 1. The first-order valence-corrected chi connectivity index (χ1v) is 4.39. The van der Waals surface area contributed by atoms with Crippen molar-refractivity contribution in [2.75, 3.05) is 7.11 Å². The van der Waals surface area contributed by atoms with Gasteiger partial charge in [0.15, 0.2) is 0 Å². The zero-order valence-electron chi connectivity index (χ0n) is 7.83. The zero-order chi connectivity index (χ0) is 9.42. The topological polar surface area (TPSA) is 26.3 Å². The van der Waals surface area contributed by atoms with Gasteiger partial charge in [0.05, 0.1) is 7.11 Å². The quantitative estimate of drug-likeness (QED) is 0.643. The summed E-state index contributed by atoms with van der Waals surface area (Å²) in [5.74, 6) is 0.981. The predicted octanol–water partition coefficient (Wildman–Crippen LogP) is 1.84. The smallest absolute Gasteiger partial charge is 0.127 e. The Balaban J connectivity index is 2.44. The predicted molar refractivity (Wildman–Crippen MR) is 50.2 cm³/mol. The molecule has 1 unspecified atom stereocenters. The summed E-state index contributed by atoms with van der Waals surface area (Å²) in [6, 6.07) is 4.08. The first kappa shape index (κ1) is 8.30. The summed E-state index contributed by atoms with van der Waals surface area (Å²) in [4.78, 5) is 10.6. The maximum atomic E-state index is 10.6. The van der Waals surface area contributed by atoms with Crippen molar-refractivity contribution < 1.29 is 9.53 Å². The molecule has 0 saturated carbocycles. The van der Waals surface area contributed by atoms with Crippen molar-refractivity contribution in [3.05, 3.63) is 28.8 Å². The van der Waals surface area contributed by atoms with Gasteiger partial charge in [-0.2, -0.15) is 0 Å². The lowest BCUT2D eigenvalue weighted by molar-refractivity contribution is -0.109. The van der Waals surface area contributed by atoms with E-state index in [4.69, 9.17) is 4.74 Å². The first-order valence-electron chi connectivity index (χ1n) is 4.39. The number of fused-ring (bicyclic) bond motifs is 1. The Morgan fingerprint density at radius 2 is 2.31 bits per heavy atom. The van der Waals surface area contributed by atoms with Crippen LogP contribution in [0.15, 0.2) is 12.1 Å². The molecule has 1 atom stereocenters. The van der Waals surface area contributed by atoms with E-state index in [9.17, 15) is 4.79 Å². The maximum Gasteiger partial charge on any atom is 0.127 e. The summed E-state index contributed by atoms with van der Waals surface area (Å²) in [6.45, 7) is 2.02. The van der Waals surface area contributed by atoms with Gasteiger partial charge in [-0.05, 0) is 36.1 Å². The second-order valence-electron chi connectivity index (χ2n) is 3.47. The maximum absolute atomic E-state index is 10.6. The molecular formula is C11H12O2. The van der Waals surface area contributed by atoms with Crippen molar-refractivity contribution in [1.29, 1.82) is 0 Å². The molecule has 2 rings (SSSR count). The van der Waals surface area contributed by atoms with E-state index < -0.39 is 0 Å². The Morgan fingerprint density at radius 1 is 1.54 bits per heavy atom. The van der Waals surface area contributed by atoms with E-state index in [0.717, 1.165) is 29.6 Å². The average Bonchev–Trinajstić information content (AvgIpc) is 2.11. The van der Waals surface area contributed by atoms with Gasteiger partial charge < -0.3 is 9.53 Å². The highest BCUT2D eigenvalue weighted by Gasteiger charge is 2.26. The SMILES string of the molecule is COc1cc2c(cc1C)CC2C=O. The minimum atomic E-state index is 0.101. The highest BCUT2D eigenvalue weighted by atomic mass is 16.5. The van der Waals surface area contributed by atoms with Crippen LogP contribution < -0.4 is 4.74 Å². The second kappa shape index (κ2) is 2.87. The third-order valence-corrected chi connectivity index (χ3v) is 2.66. The number of methoxy groups -OCH3 is 1. The normalized spacial score (nSPS) is 18.8. The molecule has 13 heavy (non-hydrogen) atoms. The molecule has 0 amide bonds. The van der Waals surface area contributed by atoms with Crippen molar-refractivity contribution >= 4 is 6.29 Å². The first-order chi connectivity index (χ1) is 6.26. The van der Waals surface area contributed by atoms with Crippen molar-refractivity contribution in [1.82, 2.24) is 0 Å². The highest BCUT2D eigenvalue weighted by Crippen LogP contribution is 2.37. The summed E-state index contributed by atoms with van der Waals surface area (Å²) in [5.41, 5.74) is 3.57. The van der Waals surface area contributed by atoms with Crippen molar-refractivity contribution in [2.45, 2.75) is 19.3 Å². The van der Waals surface area contributed by atoms with E-state index in [1.165, 1.54) is 5.56 Å². The average molecular weight is 176 g/mol. The molecule has 1 aromatic rings. The van der Waals surface area contributed by atoms with Gasteiger partial charge in [-0.15, -0.1) is 0 Å². The van der Waals surface area contributed by atoms with Gasteiger partial charge in [0.2, 0.25) is 0 Å². The molecule has 1 aliphatic carbocycles. The third-order valence-electron chi connectivity index (χ3n) is 2.66. The number of benzene rings is 1. The number of aryl methyl sites for hydroxylation is 1. The largest absolute Gasteiger partial charge is 0.496 e. The lowest BCUT2D eigenvalue weighted by Gasteiger charge is -2.27. The van der Waals surface area contributed by atoms with Crippen LogP contribution in [0, 0.1) is 6.92 Å². The summed E-state index contributed by atoms with van der Waals surface area (Å²) in [5, 5.41) is 0. The Morgan fingerprint density at radius 3 is 2.92 bits per heavy atom. The zero-order valence-corrected chi connectivity index (χ0v) is 7.83. The third kappa shape index (κ3) is 1.13. The van der Waals surface area contributed by atoms with Gasteiger partial charge in [-0.1, -0.05) is 6.07 Å². The van der Waals surface area contributed by atoms with Crippen LogP contribution >= 0.6 is 0 Å². The van der Waals surface area contributed by atoms with E-state index in [-0.39, 0.29) is 5.92 Å². The van der Waals surface area contributed by atoms with Crippen LogP contribution in [0.1, 0.15) is 22.6 Å². The number of rotatable bonds is 2. The molecule has 0 bridgehead atoms. The summed E-state index contributed by atoms with van der Waals surface area (Å²) >= 11 is 0. The number of aldehydes is 1. The molecule has 0 fully saturated rings. The van der Waals surface area contributed by atoms with Crippen LogP contribution in [0.25, 0.3) is 0 Å². The fourth-order valence-electron chi connectivity index (χ4n) is 1.84. The number of carbonyl (C=O) groups excluding carboxylic acids is 1. The fraction of sp³-hybridized carbons (Fsp3) is 0.364. The van der Waals surface area contributed by atoms with Crippen molar-refractivity contribution in [3.8, 4) is 5.75 Å². The minimum absolute atomic E-state index is 0.101. The molecule has 0 radical (unpaired) electrons. The van der Waals surface area contributed by atoms with Crippen molar-refractivity contribution in [3.63, 3.8) is 0 Å². The molecule has 0 aliphatic heterocycles. The van der Waals surface area contributed by atoms with Gasteiger partial charge in [-0.3, -0.25) is 0 Å². The molecule has 1 aromatic carbocycles. The van der Waals surface area contributed by atoms with Gasteiger partial charge >= 0.3 is 0 Å². The lowest BCUT2D eigenvalue weighted by Crippen LogP contribution is -2.18. The van der Waals surface area contributed by atoms with Gasteiger partial charge in [0.1, 0.15) is 12.0 Å². The Bertz CT molecular complexity index is 355. The summed E-state index contributed by atoms with van der Waals surface area (Å²) < 4.78 is 5.19. The number of hydrogen-bond acceptors (Lipinski definition) is 2. The number of ether oxygens (including phenoxy) is 1. The van der Waals surface area contributed by atoms with E-state index in [2.05, 4.69) is 6.07 Å². The molecule has 68 valence electrons. The molecule has 1 aliphatic rings. The van der Waals surface area contributed by atoms with Gasteiger partial charge in [0, 0.05) is 5.92 Å². The van der Waals surface area contributed by atoms with Crippen LogP contribution in [0.5, 0.6) is 5.75 Å². The minimum Gasteiger partial charge on any atom is -0.496 e. The van der Waals surface area contributed by atoms with E-state index >= 15 is 0 Å². The standard InChI is InChI=1S/C11H12O2/c1-7-3-8-4-9(6-12)10(8)5-11(7)13-2/h3,5-6,9H,4H2,1-2H3. The Kier molecular flexibility index (Phi) is 1.83. The van der Waals surface area contributed by atoms with Gasteiger partial charge in [0.25, 0.3) is 0 Å². The molecule has 0 aromatic heterocycles. The summed E-state index contributed by atoms with van der Waals surface area (Å²) in [7, 11) is 1.66. The monoisotopic (exact) mass is 176 g/mol. The molecule has 2 nitrogen and oxygen atoms in total. The Hall–Kier alpha value is -1.31. The summed E-state index contributed by atoms with van der Waals surface area (Å²) in [6.07, 6.45) is 1.90. The fourth-order valence-corrected chi connectivity index (χ4v) is 1.84. The molecule has 2 heteroatoms. The van der Waals surface area contributed by atoms with Crippen LogP contribution in [-0.4, -0.2) is 13.4 Å². The number of hydrogen-bond donors (Lipinski definition) is 0. The second-order valence-corrected chi connectivity index (χ2v) is 3.47. The lowest BCUT2D eigenvalue weighted by atomic mass is 9.77. The van der Waals surface area contributed by atoms with E-state index in [0.29, 0.717) is 0 Å². The van der Waals surface area contributed by atoms with E-state index in [1.54, 1.807) is 7.11 Å². The molecular weight excluding hydrogens is 164 g/mol.